The lowest BCUT2D eigenvalue weighted by atomic mass is 10.1. The Morgan fingerprint density at radius 1 is 0.292 bits per heavy atom. The SMILES string of the molecule is CCCCCCCCCCCC(=O)OCCOCCOCCOCCOCCOCCOCCOCCOCCCCCCCCCC. The molecule has 0 rings (SSSR count). The molecule has 48 heavy (non-hydrogen) atoms. The standard InChI is InChI=1S/C38H76O10/c1-3-5-7-9-11-13-14-16-18-20-38(39)48-37-36-47-35-34-46-33-32-45-31-30-44-29-28-43-27-26-42-25-24-41-23-22-40-21-19-17-15-12-10-8-6-4-2/h3-37H2,1-2H3. The first-order chi connectivity index (χ1) is 23.8. The first-order valence-electron chi connectivity index (χ1n) is 19.6. The van der Waals surface area contributed by atoms with Gasteiger partial charge in [-0.3, -0.25) is 4.79 Å². The van der Waals surface area contributed by atoms with Crippen molar-refractivity contribution in [2.24, 2.45) is 0 Å². The van der Waals surface area contributed by atoms with E-state index in [1.165, 1.54) is 89.9 Å². The average molecular weight is 693 g/mol. The molecule has 0 unspecified atom stereocenters. The summed E-state index contributed by atoms with van der Waals surface area (Å²) in [7, 11) is 0. The summed E-state index contributed by atoms with van der Waals surface area (Å²) in [6.45, 7) is 13.5. The first kappa shape index (κ1) is 47.1. The third-order valence-corrected chi connectivity index (χ3v) is 7.72. The van der Waals surface area contributed by atoms with Gasteiger partial charge in [0.15, 0.2) is 0 Å². The van der Waals surface area contributed by atoms with Crippen molar-refractivity contribution >= 4 is 5.97 Å². The number of carbonyl (C=O) groups is 1. The van der Waals surface area contributed by atoms with Crippen LogP contribution in [0.2, 0.25) is 0 Å². The Hall–Kier alpha value is -0.850. The Morgan fingerprint density at radius 3 is 0.875 bits per heavy atom. The van der Waals surface area contributed by atoms with E-state index in [2.05, 4.69) is 13.8 Å². The van der Waals surface area contributed by atoms with Crippen LogP contribution >= 0.6 is 0 Å². The van der Waals surface area contributed by atoms with Gasteiger partial charge in [0, 0.05) is 13.0 Å². The Kier molecular flexibility index (Phi) is 43.4. The molecule has 10 nitrogen and oxygen atoms in total. The molecule has 0 aliphatic carbocycles. The smallest absolute Gasteiger partial charge is 0.305 e. The third-order valence-electron chi connectivity index (χ3n) is 7.72. The molecule has 0 atom stereocenters. The van der Waals surface area contributed by atoms with Crippen molar-refractivity contribution in [3.05, 3.63) is 0 Å². The molecule has 0 N–H and O–H groups in total. The maximum absolute atomic E-state index is 11.8. The van der Waals surface area contributed by atoms with E-state index in [9.17, 15) is 4.79 Å². The summed E-state index contributed by atoms with van der Waals surface area (Å²) in [6.07, 6.45) is 22.2. The summed E-state index contributed by atoms with van der Waals surface area (Å²) in [4.78, 5) is 11.8. The monoisotopic (exact) mass is 693 g/mol. The molecule has 0 saturated heterocycles. The molecule has 0 aliphatic rings. The van der Waals surface area contributed by atoms with Crippen molar-refractivity contribution in [3.63, 3.8) is 0 Å². The van der Waals surface area contributed by atoms with Gasteiger partial charge < -0.3 is 42.6 Å². The molecular weight excluding hydrogens is 616 g/mol. The van der Waals surface area contributed by atoms with Crippen molar-refractivity contribution in [2.45, 2.75) is 129 Å². The van der Waals surface area contributed by atoms with Crippen LogP contribution in [0.4, 0.5) is 0 Å². The second kappa shape index (κ2) is 44.2. The fourth-order valence-electron chi connectivity index (χ4n) is 4.85. The normalized spacial score (nSPS) is 11.5. The number of hydrogen-bond donors (Lipinski definition) is 0. The van der Waals surface area contributed by atoms with Crippen LogP contribution in [-0.4, -0.2) is 118 Å². The molecule has 10 heteroatoms. The molecule has 0 aliphatic heterocycles. The van der Waals surface area contributed by atoms with Gasteiger partial charge in [0.2, 0.25) is 0 Å². The number of ether oxygens (including phenoxy) is 9. The molecule has 0 saturated carbocycles. The summed E-state index contributed by atoms with van der Waals surface area (Å²) in [6, 6.07) is 0. The van der Waals surface area contributed by atoms with Gasteiger partial charge in [-0.25, -0.2) is 0 Å². The fourth-order valence-corrected chi connectivity index (χ4v) is 4.85. The van der Waals surface area contributed by atoms with E-state index in [0.29, 0.717) is 112 Å². The molecule has 0 aromatic carbocycles. The highest BCUT2D eigenvalue weighted by Gasteiger charge is 2.03. The quantitative estimate of drug-likeness (QED) is 0.0466. The first-order valence-corrected chi connectivity index (χ1v) is 19.6. The zero-order chi connectivity index (χ0) is 34.7. The van der Waals surface area contributed by atoms with Gasteiger partial charge in [0.25, 0.3) is 0 Å². The van der Waals surface area contributed by atoms with Gasteiger partial charge in [0.05, 0.1) is 99.1 Å². The van der Waals surface area contributed by atoms with Crippen LogP contribution in [0.5, 0.6) is 0 Å². The summed E-state index contributed by atoms with van der Waals surface area (Å²) >= 11 is 0. The topological polar surface area (TPSA) is 100 Å². The van der Waals surface area contributed by atoms with Crippen LogP contribution in [0.25, 0.3) is 0 Å². The maximum Gasteiger partial charge on any atom is 0.305 e. The molecule has 0 amide bonds. The lowest BCUT2D eigenvalue weighted by Crippen LogP contribution is -2.15. The van der Waals surface area contributed by atoms with Gasteiger partial charge in [-0.05, 0) is 12.8 Å². The predicted molar refractivity (Wildman–Crippen MR) is 192 cm³/mol. The summed E-state index contributed by atoms with van der Waals surface area (Å²) in [5, 5.41) is 0. The van der Waals surface area contributed by atoms with Crippen molar-refractivity contribution in [3.8, 4) is 0 Å². The second-order valence-corrected chi connectivity index (χ2v) is 12.2. The zero-order valence-corrected chi connectivity index (χ0v) is 31.3. The van der Waals surface area contributed by atoms with Crippen molar-refractivity contribution in [1.29, 1.82) is 0 Å². The number of rotatable bonds is 43. The number of carbonyl (C=O) groups excluding carboxylic acids is 1. The number of esters is 1. The number of hydrogen-bond acceptors (Lipinski definition) is 10. The summed E-state index contributed by atoms with van der Waals surface area (Å²) in [5.74, 6) is -0.130. The van der Waals surface area contributed by atoms with E-state index < -0.39 is 0 Å². The third kappa shape index (κ3) is 43.2. The molecule has 0 spiro atoms. The van der Waals surface area contributed by atoms with Crippen LogP contribution in [0.1, 0.15) is 129 Å². The summed E-state index contributed by atoms with van der Waals surface area (Å²) < 4.78 is 49.3. The van der Waals surface area contributed by atoms with Gasteiger partial charge in [-0.15, -0.1) is 0 Å². The highest BCUT2D eigenvalue weighted by Crippen LogP contribution is 2.11. The van der Waals surface area contributed by atoms with E-state index in [-0.39, 0.29) is 5.97 Å². The zero-order valence-electron chi connectivity index (χ0n) is 31.3. The predicted octanol–water partition coefficient (Wildman–Crippen LogP) is 7.72. The van der Waals surface area contributed by atoms with Gasteiger partial charge in [-0.2, -0.15) is 0 Å². The van der Waals surface area contributed by atoms with Crippen LogP contribution in [-0.2, 0) is 47.4 Å². The highest BCUT2D eigenvalue weighted by atomic mass is 16.6. The summed E-state index contributed by atoms with van der Waals surface area (Å²) in [5.41, 5.74) is 0. The van der Waals surface area contributed by atoms with Crippen LogP contribution in [0.15, 0.2) is 0 Å². The van der Waals surface area contributed by atoms with Gasteiger partial charge in [-0.1, -0.05) is 110 Å². The lowest BCUT2D eigenvalue weighted by Gasteiger charge is -2.09. The van der Waals surface area contributed by atoms with Crippen molar-refractivity contribution < 1.29 is 47.4 Å². The maximum atomic E-state index is 11.8. The number of unbranched alkanes of at least 4 members (excludes halogenated alkanes) is 15. The molecular formula is C38H76O10. The minimum atomic E-state index is -0.130. The van der Waals surface area contributed by atoms with Gasteiger partial charge in [0.1, 0.15) is 6.61 Å². The minimum absolute atomic E-state index is 0.130. The van der Waals surface area contributed by atoms with E-state index in [1.807, 2.05) is 0 Å². The Morgan fingerprint density at radius 2 is 0.542 bits per heavy atom. The Balaban J connectivity index is 3.10. The van der Waals surface area contributed by atoms with Gasteiger partial charge >= 0.3 is 5.97 Å². The molecule has 0 radical (unpaired) electrons. The van der Waals surface area contributed by atoms with Crippen molar-refractivity contribution in [1.82, 2.24) is 0 Å². The minimum Gasteiger partial charge on any atom is -0.463 e. The Bertz CT molecular complexity index is 596. The van der Waals surface area contributed by atoms with Crippen LogP contribution < -0.4 is 0 Å². The van der Waals surface area contributed by atoms with E-state index in [1.54, 1.807) is 0 Å². The molecule has 0 bridgehead atoms. The molecule has 0 aromatic rings. The van der Waals surface area contributed by atoms with E-state index in [4.69, 9.17) is 42.6 Å². The molecule has 288 valence electrons. The average Bonchev–Trinajstić information content (AvgIpc) is 3.09. The molecule has 0 heterocycles. The van der Waals surface area contributed by atoms with E-state index in [0.717, 1.165) is 25.9 Å². The second-order valence-electron chi connectivity index (χ2n) is 12.2. The van der Waals surface area contributed by atoms with Crippen LogP contribution in [0, 0.1) is 0 Å². The Labute approximate surface area is 294 Å². The van der Waals surface area contributed by atoms with E-state index >= 15 is 0 Å². The largest absolute Gasteiger partial charge is 0.463 e. The lowest BCUT2D eigenvalue weighted by molar-refractivity contribution is -0.145. The highest BCUT2D eigenvalue weighted by molar-refractivity contribution is 5.69. The van der Waals surface area contributed by atoms with Crippen molar-refractivity contribution in [2.75, 3.05) is 112 Å². The molecule has 0 fully saturated rings. The molecule has 0 aromatic heterocycles. The fraction of sp³-hybridized carbons (Fsp3) is 0.974. The van der Waals surface area contributed by atoms with Crippen LogP contribution in [0.3, 0.4) is 0 Å².